The van der Waals surface area contributed by atoms with Gasteiger partial charge in [0.25, 0.3) is 0 Å². The summed E-state index contributed by atoms with van der Waals surface area (Å²) in [5.41, 5.74) is 0. The van der Waals surface area contributed by atoms with Gasteiger partial charge in [-0.3, -0.25) is 19.2 Å². The second kappa shape index (κ2) is 22.6. The van der Waals surface area contributed by atoms with E-state index in [-0.39, 0.29) is 71.0 Å². The average Bonchev–Trinajstić information content (AvgIpc) is 2.82. The lowest BCUT2D eigenvalue weighted by molar-refractivity contribution is -0.142. The number of carbonyl (C=O) groups excluding carboxylic acids is 3. The smallest absolute Gasteiger partial charge is 0.326 e. The number of aliphatic carboxylic acids is 2. The maximum absolute atomic E-state index is 11.9. The number of carboxylic acids is 2. The summed E-state index contributed by atoms with van der Waals surface area (Å²) in [6.45, 7) is 4.96. The number of hydrogen-bond acceptors (Lipinski definition) is 9. The van der Waals surface area contributed by atoms with Gasteiger partial charge in [-0.15, -0.1) is 0 Å². The molecule has 1 atom stereocenters. The average molecular weight is 522 g/mol. The van der Waals surface area contributed by atoms with Gasteiger partial charge in [0, 0.05) is 39.0 Å². The van der Waals surface area contributed by atoms with Gasteiger partial charge >= 0.3 is 11.9 Å². The summed E-state index contributed by atoms with van der Waals surface area (Å²) in [5, 5.41) is 25.2. The Morgan fingerprint density at radius 3 is 1.86 bits per heavy atom. The van der Waals surface area contributed by atoms with Crippen LogP contribution >= 0.6 is 0 Å². The summed E-state index contributed by atoms with van der Waals surface area (Å²) in [6.07, 6.45) is -0.442. The lowest BCUT2D eigenvalue weighted by Crippen LogP contribution is -2.41. The summed E-state index contributed by atoms with van der Waals surface area (Å²) in [5.74, 6) is -3.58. The number of amides is 3. The van der Waals surface area contributed by atoms with E-state index >= 15 is 0 Å². The summed E-state index contributed by atoms with van der Waals surface area (Å²) in [4.78, 5) is 56.9. The van der Waals surface area contributed by atoms with Crippen LogP contribution in [0.25, 0.3) is 0 Å². The Balaban J connectivity index is 3.71. The van der Waals surface area contributed by atoms with Crippen molar-refractivity contribution in [3.05, 3.63) is 0 Å². The fourth-order valence-electron chi connectivity index (χ4n) is 2.61. The van der Waals surface area contributed by atoms with Crippen molar-refractivity contribution in [3.63, 3.8) is 0 Å². The van der Waals surface area contributed by atoms with Gasteiger partial charge in [-0.2, -0.15) is 0 Å². The Labute approximate surface area is 210 Å². The highest BCUT2D eigenvalue weighted by Crippen LogP contribution is 2.01. The second-order valence-corrected chi connectivity index (χ2v) is 7.42. The zero-order valence-corrected chi connectivity index (χ0v) is 20.8. The third-order valence-electron chi connectivity index (χ3n) is 4.41. The van der Waals surface area contributed by atoms with Crippen LogP contribution in [0.1, 0.15) is 39.0 Å². The quantitative estimate of drug-likeness (QED) is 0.0967. The van der Waals surface area contributed by atoms with E-state index in [1.165, 1.54) is 0 Å². The zero-order chi connectivity index (χ0) is 27.0. The van der Waals surface area contributed by atoms with Gasteiger partial charge in [-0.05, 0) is 19.8 Å². The zero-order valence-electron chi connectivity index (χ0n) is 20.8. The largest absolute Gasteiger partial charge is 0.481 e. The molecule has 208 valence electrons. The van der Waals surface area contributed by atoms with Crippen LogP contribution < -0.4 is 16.0 Å². The molecular weight excluding hydrogens is 482 g/mol. The van der Waals surface area contributed by atoms with Crippen LogP contribution in [-0.2, 0) is 42.9 Å². The van der Waals surface area contributed by atoms with Crippen molar-refractivity contribution in [2.45, 2.75) is 45.1 Å². The normalized spacial score (nSPS) is 11.5. The highest BCUT2D eigenvalue weighted by atomic mass is 16.5. The molecule has 0 fully saturated rings. The van der Waals surface area contributed by atoms with Crippen molar-refractivity contribution < 1.29 is 53.1 Å². The Morgan fingerprint density at radius 1 is 0.694 bits per heavy atom. The Morgan fingerprint density at radius 2 is 1.28 bits per heavy atom. The minimum atomic E-state index is -1.28. The number of carbonyl (C=O) groups is 5. The summed E-state index contributed by atoms with van der Waals surface area (Å²) < 4.78 is 20.9. The molecule has 0 aliphatic heterocycles. The number of ether oxygens (including phenoxy) is 4. The molecule has 5 N–H and O–H groups in total. The molecule has 1 unspecified atom stereocenters. The van der Waals surface area contributed by atoms with Crippen molar-refractivity contribution in [1.29, 1.82) is 0 Å². The van der Waals surface area contributed by atoms with E-state index < -0.39 is 29.8 Å². The molecule has 0 aromatic heterocycles. The first-order valence-electron chi connectivity index (χ1n) is 11.8. The summed E-state index contributed by atoms with van der Waals surface area (Å²) in [7, 11) is 0. The molecule has 0 heterocycles. The van der Waals surface area contributed by atoms with E-state index in [1.54, 1.807) is 0 Å². The van der Waals surface area contributed by atoms with Crippen molar-refractivity contribution in [2.75, 3.05) is 65.9 Å². The van der Waals surface area contributed by atoms with Crippen molar-refractivity contribution in [1.82, 2.24) is 16.0 Å². The molecule has 0 rings (SSSR count). The first-order chi connectivity index (χ1) is 17.3. The Hall–Kier alpha value is -2.81. The van der Waals surface area contributed by atoms with Gasteiger partial charge < -0.3 is 45.1 Å². The second-order valence-electron chi connectivity index (χ2n) is 7.42. The van der Waals surface area contributed by atoms with E-state index in [2.05, 4.69) is 16.0 Å². The first-order valence-corrected chi connectivity index (χ1v) is 11.8. The SMILES string of the molecule is CCOCCOCCNC(=O)COCCOCCNC(=O)CCC(NC(=O)CCCC(=O)O)C(=O)O. The van der Waals surface area contributed by atoms with E-state index in [4.69, 9.17) is 24.1 Å². The molecule has 0 aliphatic carbocycles. The summed E-state index contributed by atoms with van der Waals surface area (Å²) >= 11 is 0. The van der Waals surface area contributed by atoms with Crippen LogP contribution in [0.15, 0.2) is 0 Å². The maximum Gasteiger partial charge on any atom is 0.326 e. The molecule has 0 aromatic rings. The summed E-state index contributed by atoms with van der Waals surface area (Å²) in [6, 6.07) is -1.24. The Kier molecular flexibility index (Phi) is 20.9. The van der Waals surface area contributed by atoms with Crippen LogP contribution in [0.3, 0.4) is 0 Å². The van der Waals surface area contributed by atoms with E-state index in [0.717, 1.165) is 0 Å². The van der Waals surface area contributed by atoms with Crippen LogP contribution in [0, 0.1) is 0 Å². The highest BCUT2D eigenvalue weighted by Gasteiger charge is 2.20. The molecular formula is C22H39N3O11. The van der Waals surface area contributed by atoms with Crippen LogP contribution in [-0.4, -0.2) is 112 Å². The standard InChI is InChI=1S/C22H39N3O11/c1-2-33-12-13-34-11-9-24-20(28)16-36-15-14-35-10-8-23-18(26)7-6-17(22(31)32)25-19(27)4-3-5-21(29)30/h17H,2-16H2,1H3,(H,23,26)(H,24,28)(H,25,27)(H,29,30)(H,31,32). The van der Waals surface area contributed by atoms with Crippen molar-refractivity contribution in [2.24, 2.45) is 0 Å². The molecule has 14 heteroatoms. The highest BCUT2D eigenvalue weighted by molar-refractivity contribution is 5.84. The molecule has 3 amide bonds. The monoisotopic (exact) mass is 521 g/mol. The van der Waals surface area contributed by atoms with Gasteiger partial charge in [-0.25, -0.2) is 4.79 Å². The van der Waals surface area contributed by atoms with Crippen LogP contribution in [0.5, 0.6) is 0 Å². The van der Waals surface area contributed by atoms with E-state index in [9.17, 15) is 29.1 Å². The van der Waals surface area contributed by atoms with Crippen molar-refractivity contribution in [3.8, 4) is 0 Å². The Bertz CT molecular complexity index is 661. The van der Waals surface area contributed by atoms with Gasteiger partial charge in [-0.1, -0.05) is 0 Å². The molecule has 36 heavy (non-hydrogen) atoms. The van der Waals surface area contributed by atoms with Gasteiger partial charge in [0.2, 0.25) is 17.7 Å². The minimum absolute atomic E-state index is 0.0947. The van der Waals surface area contributed by atoms with Crippen LogP contribution in [0.4, 0.5) is 0 Å². The lowest BCUT2D eigenvalue weighted by Gasteiger charge is -2.14. The molecule has 0 aliphatic rings. The fourth-order valence-corrected chi connectivity index (χ4v) is 2.61. The molecule has 0 radical (unpaired) electrons. The molecule has 0 spiro atoms. The van der Waals surface area contributed by atoms with E-state index in [0.29, 0.717) is 33.0 Å². The predicted octanol–water partition coefficient (Wildman–Crippen LogP) is -1.09. The van der Waals surface area contributed by atoms with Gasteiger partial charge in [0.15, 0.2) is 0 Å². The number of carboxylic acid groups (broad SMARTS) is 2. The lowest BCUT2D eigenvalue weighted by atomic mass is 10.1. The fraction of sp³-hybridized carbons (Fsp3) is 0.773. The van der Waals surface area contributed by atoms with E-state index in [1.807, 2.05) is 6.92 Å². The van der Waals surface area contributed by atoms with Gasteiger partial charge in [0.1, 0.15) is 12.6 Å². The predicted molar refractivity (Wildman–Crippen MR) is 125 cm³/mol. The first kappa shape index (κ1) is 33.2. The molecule has 0 saturated heterocycles. The molecule has 0 saturated carbocycles. The number of hydrogen-bond donors (Lipinski definition) is 5. The topological polar surface area (TPSA) is 199 Å². The van der Waals surface area contributed by atoms with Crippen molar-refractivity contribution >= 4 is 29.7 Å². The maximum atomic E-state index is 11.9. The molecule has 14 nitrogen and oxygen atoms in total. The number of nitrogens with one attached hydrogen (secondary N) is 3. The molecule has 0 bridgehead atoms. The third kappa shape index (κ3) is 21.7. The minimum Gasteiger partial charge on any atom is -0.481 e. The third-order valence-corrected chi connectivity index (χ3v) is 4.41. The van der Waals surface area contributed by atoms with Gasteiger partial charge in [0.05, 0.1) is 39.6 Å². The van der Waals surface area contributed by atoms with Crippen LogP contribution in [0.2, 0.25) is 0 Å². The molecule has 0 aromatic carbocycles. The number of rotatable bonds is 24.